The molecule has 3 heterocycles. The van der Waals surface area contributed by atoms with Crippen LogP contribution in [0, 0.1) is 5.92 Å². The molecule has 0 bridgehead atoms. The summed E-state index contributed by atoms with van der Waals surface area (Å²) in [5.74, 6) is 0.442. The molecular weight excluding hydrogens is 284 g/mol. The van der Waals surface area contributed by atoms with E-state index in [0.29, 0.717) is 23.0 Å². The van der Waals surface area contributed by atoms with Gasteiger partial charge in [0.1, 0.15) is 11.9 Å². The van der Waals surface area contributed by atoms with E-state index in [0.717, 1.165) is 13.1 Å². The summed E-state index contributed by atoms with van der Waals surface area (Å²) in [6.45, 7) is 3.73. The van der Waals surface area contributed by atoms with E-state index in [2.05, 4.69) is 26.9 Å². The number of aromatic amines is 1. The molecule has 0 aliphatic carbocycles. The second kappa shape index (κ2) is 5.53. The molecule has 1 amide bonds. The summed E-state index contributed by atoms with van der Waals surface area (Å²) in [5.41, 5.74) is 0.194. The van der Waals surface area contributed by atoms with Crippen molar-refractivity contribution >= 4 is 16.9 Å². The van der Waals surface area contributed by atoms with Gasteiger partial charge in [0.05, 0.1) is 12.5 Å². The Morgan fingerprint density at radius 2 is 2.23 bits per heavy atom. The maximum absolute atomic E-state index is 12.5. The van der Waals surface area contributed by atoms with E-state index in [1.165, 1.54) is 17.2 Å². The molecule has 1 aliphatic heterocycles. The maximum Gasteiger partial charge on any atom is 0.261 e. The third-order valence-corrected chi connectivity index (χ3v) is 4.31. The molecule has 0 spiro atoms. The molecule has 8 nitrogen and oxygen atoms in total. The van der Waals surface area contributed by atoms with E-state index in [9.17, 15) is 9.59 Å². The highest BCUT2D eigenvalue weighted by molar-refractivity contribution is 5.79. The van der Waals surface area contributed by atoms with Crippen LogP contribution in [-0.4, -0.2) is 68.7 Å². The molecule has 1 saturated heterocycles. The van der Waals surface area contributed by atoms with Crippen molar-refractivity contribution in [3.05, 3.63) is 22.9 Å². The van der Waals surface area contributed by atoms with Crippen molar-refractivity contribution in [3.8, 4) is 0 Å². The number of likely N-dealkylation sites (tertiary alicyclic amines) is 1. The average Bonchev–Trinajstić information content (AvgIpc) is 3.04. The van der Waals surface area contributed by atoms with E-state index in [1.807, 2.05) is 19.0 Å². The predicted octanol–water partition coefficient (Wildman–Crippen LogP) is -0.472. The van der Waals surface area contributed by atoms with Crippen molar-refractivity contribution < 1.29 is 4.79 Å². The molecule has 1 N–H and O–H groups in total. The second-order valence-corrected chi connectivity index (χ2v) is 6.08. The van der Waals surface area contributed by atoms with E-state index >= 15 is 0 Å². The summed E-state index contributed by atoms with van der Waals surface area (Å²) in [4.78, 5) is 34.8. The van der Waals surface area contributed by atoms with Crippen LogP contribution in [0.15, 0.2) is 17.3 Å². The summed E-state index contributed by atoms with van der Waals surface area (Å²) in [6, 6.07) is 0.374. The van der Waals surface area contributed by atoms with Gasteiger partial charge < -0.3 is 14.8 Å². The highest BCUT2D eigenvalue weighted by Gasteiger charge is 2.33. The number of aromatic nitrogens is 4. The summed E-state index contributed by atoms with van der Waals surface area (Å²) < 4.78 is 1.49. The number of amides is 1. The molecule has 0 radical (unpaired) electrons. The SMILES string of the molecule is CC1CN(C(=O)Cn2ncc3c(=O)[nH]cnc32)CC1N(C)C. The van der Waals surface area contributed by atoms with Crippen molar-refractivity contribution in [2.45, 2.75) is 19.5 Å². The quantitative estimate of drug-likeness (QED) is 0.828. The average molecular weight is 304 g/mol. The summed E-state index contributed by atoms with van der Waals surface area (Å²) in [5, 5.41) is 4.52. The number of fused-ring (bicyclic) bond motifs is 1. The Kier molecular flexibility index (Phi) is 3.69. The van der Waals surface area contributed by atoms with Gasteiger partial charge in [-0.25, -0.2) is 9.67 Å². The fourth-order valence-corrected chi connectivity index (χ4v) is 3.07. The number of nitrogens with one attached hydrogen (secondary N) is 1. The Morgan fingerprint density at radius 3 is 2.91 bits per heavy atom. The first-order chi connectivity index (χ1) is 10.5. The van der Waals surface area contributed by atoms with Crippen LogP contribution in [0.2, 0.25) is 0 Å². The van der Waals surface area contributed by atoms with E-state index < -0.39 is 0 Å². The smallest absolute Gasteiger partial charge is 0.261 e. The zero-order chi connectivity index (χ0) is 15.9. The Balaban J connectivity index is 1.77. The van der Waals surface area contributed by atoms with Gasteiger partial charge in [0, 0.05) is 19.1 Å². The van der Waals surface area contributed by atoms with Crippen molar-refractivity contribution in [3.63, 3.8) is 0 Å². The van der Waals surface area contributed by atoms with E-state index in [-0.39, 0.29) is 18.0 Å². The maximum atomic E-state index is 12.5. The highest BCUT2D eigenvalue weighted by Crippen LogP contribution is 2.20. The van der Waals surface area contributed by atoms with Gasteiger partial charge in [0.15, 0.2) is 5.65 Å². The molecule has 1 aliphatic rings. The number of H-pyrrole nitrogens is 1. The summed E-state index contributed by atoms with van der Waals surface area (Å²) in [7, 11) is 4.07. The monoisotopic (exact) mass is 304 g/mol. The lowest BCUT2D eigenvalue weighted by Gasteiger charge is -2.22. The largest absolute Gasteiger partial charge is 0.339 e. The molecule has 2 unspecified atom stereocenters. The molecule has 22 heavy (non-hydrogen) atoms. The summed E-state index contributed by atoms with van der Waals surface area (Å²) in [6.07, 6.45) is 2.77. The zero-order valence-electron chi connectivity index (χ0n) is 13.0. The first kappa shape index (κ1) is 14.7. The lowest BCUT2D eigenvalue weighted by atomic mass is 10.1. The molecule has 2 aromatic heterocycles. The van der Waals surface area contributed by atoms with Crippen LogP contribution in [0.4, 0.5) is 0 Å². The van der Waals surface area contributed by atoms with Crippen LogP contribution < -0.4 is 5.56 Å². The Morgan fingerprint density at radius 1 is 1.45 bits per heavy atom. The molecule has 2 aromatic rings. The minimum absolute atomic E-state index is 0.00304. The lowest BCUT2D eigenvalue weighted by molar-refractivity contribution is -0.131. The van der Waals surface area contributed by atoms with Gasteiger partial charge >= 0.3 is 0 Å². The molecule has 0 saturated carbocycles. The number of carbonyl (C=O) groups excluding carboxylic acids is 1. The van der Waals surface area contributed by atoms with Crippen LogP contribution in [-0.2, 0) is 11.3 Å². The number of hydrogen-bond acceptors (Lipinski definition) is 5. The number of nitrogens with zero attached hydrogens (tertiary/aromatic N) is 5. The van der Waals surface area contributed by atoms with Crippen LogP contribution in [0.3, 0.4) is 0 Å². The Bertz CT molecular complexity index is 749. The third-order valence-electron chi connectivity index (χ3n) is 4.31. The van der Waals surface area contributed by atoms with Crippen molar-refractivity contribution in [2.75, 3.05) is 27.2 Å². The van der Waals surface area contributed by atoms with Crippen molar-refractivity contribution in [2.24, 2.45) is 5.92 Å². The van der Waals surface area contributed by atoms with Crippen molar-refractivity contribution in [1.82, 2.24) is 29.5 Å². The van der Waals surface area contributed by atoms with Gasteiger partial charge in [-0.3, -0.25) is 9.59 Å². The fraction of sp³-hybridized carbons (Fsp3) is 0.571. The first-order valence-corrected chi connectivity index (χ1v) is 7.30. The third kappa shape index (κ3) is 2.50. The molecular formula is C14H20N6O2. The Labute approximate surface area is 127 Å². The van der Waals surface area contributed by atoms with E-state index in [1.54, 1.807) is 0 Å². The van der Waals surface area contributed by atoms with Crippen molar-refractivity contribution in [1.29, 1.82) is 0 Å². The lowest BCUT2D eigenvalue weighted by Crippen LogP contribution is -2.37. The number of likely N-dealkylation sites (N-methyl/N-ethyl adjacent to an activating group) is 1. The van der Waals surface area contributed by atoms with Crippen LogP contribution in [0.25, 0.3) is 11.0 Å². The van der Waals surface area contributed by atoms with Gasteiger partial charge in [0.25, 0.3) is 5.56 Å². The minimum Gasteiger partial charge on any atom is -0.339 e. The second-order valence-electron chi connectivity index (χ2n) is 6.08. The molecule has 2 atom stereocenters. The molecule has 3 rings (SSSR count). The molecule has 1 fully saturated rings. The normalized spacial score (nSPS) is 21.9. The van der Waals surface area contributed by atoms with Crippen LogP contribution >= 0.6 is 0 Å². The fourth-order valence-electron chi connectivity index (χ4n) is 3.07. The predicted molar refractivity (Wildman–Crippen MR) is 81.4 cm³/mol. The van der Waals surface area contributed by atoms with Crippen LogP contribution in [0.5, 0.6) is 0 Å². The van der Waals surface area contributed by atoms with Gasteiger partial charge in [0.2, 0.25) is 5.91 Å². The van der Waals surface area contributed by atoms with Gasteiger partial charge in [-0.15, -0.1) is 0 Å². The highest BCUT2D eigenvalue weighted by atomic mass is 16.2. The van der Waals surface area contributed by atoms with Crippen LogP contribution in [0.1, 0.15) is 6.92 Å². The molecule has 118 valence electrons. The first-order valence-electron chi connectivity index (χ1n) is 7.30. The Hall–Kier alpha value is -2.22. The van der Waals surface area contributed by atoms with Gasteiger partial charge in [-0.1, -0.05) is 6.92 Å². The van der Waals surface area contributed by atoms with Gasteiger partial charge in [-0.2, -0.15) is 5.10 Å². The van der Waals surface area contributed by atoms with E-state index in [4.69, 9.17) is 0 Å². The number of rotatable bonds is 3. The number of hydrogen-bond donors (Lipinski definition) is 1. The minimum atomic E-state index is -0.244. The summed E-state index contributed by atoms with van der Waals surface area (Å²) >= 11 is 0. The molecule has 8 heteroatoms. The molecule has 0 aromatic carbocycles. The number of carbonyl (C=O) groups is 1. The topological polar surface area (TPSA) is 87.1 Å². The standard InChI is InChI=1S/C14H20N6O2/c1-9-5-19(6-11(9)18(2)3)12(21)7-20-13-10(4-17-20)14(22)16-8-15-13/h4,8-9,11H,5-7H2,1-3H3,(H,15,16,22). The van der Waals surface area contributed by atoms with Gasteiger partial charge in [-0.05, 0) is 20.0 Å². The zero-order valence-corrected chi connectivity index (χ0v) is 13.0.